The van der Waals surface area contributed by atoms with Crippen molar-refractivity contribution in [3.05, 3.63) is 0 Å². The Balaban J connectivity index is 0.00000361. The molecule has 4 nitrogen and oxygen atoms in total. The van der Waals surface area contributed by atoms with Crippen molar-refractivity contribution < 1.29 is 9.53 Å². The van der Waals surface area contributed by atoms with Crippen LogP contribution in [-0.2, 0) is 9.53 Å². The Kier molecular flexibility index (Phi) is 7.50. The molecule has 3 unspecified atom stereocenters. The van der Waals surface area contributed by atoms with Crippen molar-refractivity contribution in [2.75, 3.05) is 7.11 Å². The molecule has 0 saturated heterocycles. The van der Waals surface area contributed by atoms with Crippen LogP contribution >= 0.6 is 12.4 Å². The molecule has 0 spiro atoms. The van der Waals surface area contributed by atoms with Crippen LogP contribution in [0.4, 0.5) is 0 Å². The van der Waals surface area contributed by atoms with Gasteiger partial charge in [0.05, 0.1) is 11.6 Å². The molecule has 5 heteroatoms. The van der Waals surface area contributed by atoms with E-state index in [1.807, 2.05) is 13.8 Å². The van der Waals surface area contributed by atoms with Crippen LogP contribution in [0.15, 0.2) is 0 Å². The maximum absolute atomic E-state index is 12.3. The minimum atomic E-state index is -0.764. The van der Waals surface area contributed by atoms with Gasteiger partial charge in [-0.3, -0.25) is 4.79 Å². The quantitative estimate of drug-likeness (QED) is 0.760. The van der Waals surface area contributed by atoms with Crippen LogP contribution in [0.25, 0.3) is 0 Å². The Morgan fingerprint density at radius 3 is 2.35 bits per heavy atom. The molecule has 1 saturated carbocycles. The minimum Gasteiger partial charge on any atom is -0.381 e. The van der Waals surface area contributed by atoms with Gasteiger partial charge >= 0.3 is 0 Å². The molecule has 1 aliphatic rings. The molecule has 0 bridgehead atoms. The van der Waals surface area contributed by atoms with Crippen molar-refractivity contribution in [3.63, 3.8) is 0 Å². The normalized spacial score (nSPS) is 26.9. The van der Waals surface area contributed by atoms with Crippen LogP contribution in [-0.4, -0.2) is 30.7 Å². The number of halogens is 1. The minimum absolute atomic E-state index is 0. The second kappa shape index (κ2) is 7.62. The number of hydrogen-bond acceptors (Lipinski definition) is 3. The number of nitrogens with one attached hydrogen (secondary N) is 1. The van der Waals surface area contributed by atoms with Gasteiger partial charge in [-0.15, -0.1) is 12.4 Å². The predicted octanol–water partition coefficient (Wildman–Crippen LogP) is 2.64. The number of nitrogens with two attached hydrogens (primary N) is 1. The smallest absolute Gasteiger partial charge is 0.240 e. The van der Waals surface area contributed by atoms with Gasteiger partial charge in [0.15, 0.2) is 0 Å². The average Bonchev–Trinajstić information content (AvgIpc) is 2.35. The van der Waals surface area contributed by atoms with Gasteiger partial charge in [-0.2, -0.15) is 0 Å². The third-order valence-electron chi connectivity index (χ3n) is 4.98. The van der Waals surface area contributed by atoms with Crippen molar-refractivity contribution in [1.82, 2.24) is 5.32 Å². The van der Waals surface area contributed by atoms with Crippen LogP contribution in [0, 0.1) is 5.41 Å². The molecule has 0 heterocycles. The van der Waals surface area contributed by atoms with E-state index in [1.54, 1.807) is 7.11 Å². The molecule has 1 fully saturated rings. The highest BCUT2D eigenvalue weighted by Crippen LogP contribution is 2.48. The van der Waals surface area contributed by atoms with E-state index in [4.69, 9.17) is 10.5 Å². The number of amides is 1. The highest BCUT2D eigenvalue weighted by molar-refractivity contribution is 5.86. The van der Waals surface area contributed by atoms with Crippen molar-refractivity contribution in [3.8, 4) is 0 Å². The monoisotopic (exact) mass is 306 g/mol. The largest absolute Gasteiger partial charge is 0.381 e. The van der Waals surface area contributed by atoms with Gasteiger partial charge in [-0.05, 0) is 32.6 Å². The fourth-order valence-electron chi connectivity index (χ4n) is 3.44. The fraction of sp³-hybridized carbons (Fsp3) is 0.933. The maximum atomic E-state index is 12.3. The fourth-order valence-corrected chi connectivity index (χ4v) is 3.44. The van der Waals surface area contributed by atoms with Crippen molar-refractivity contribution >= 4 is 18.3 Å². The summed E-state index contributed by atoms with van der Waals surface area (Å²) in [7, 11) is 1.76. The highest BCUT2D eigenvalue weighted by atomic mass is 35.5. The zero-order valence-corrected chi connectivity index (χ0v) is 14.3. The first-order valence-electron chi connectivity index (χ1n) is 7.50. The van der Waals surface area contributed by atoms with Gasteiger partial charge in [-0.25, -0.2) is 0 Å². The third-order valence-corrected chi connectivity index (χ3v) is 4.98. The van der Waals surface area contributed by atoms with E-state index >= 15 is 0 Å². The lowest BCUT2D eigenvalue weighted by Gasteiger charge is -2.55. The first kappa shape index (κ1) is 19.7. The Hall–Kier alpha value is -0.320. The zero-order chi connectivity index (χ0) is 14.7. The topological polar surface area (TPSA) is 64.4 Å². The summed E-state index contributed by atoms with van der Waals surface area (Å²) < 4.78 is 5.55. The van der Waals surface area contributed by atoms with Gasteiger partial charge < -0.3 is 15.8 Å². The van der Waals surface area contributed by atoms with Crippen LogP contribution < -0.4 is 11.1 Å². The van der Waals surface area contributed by atoms with E-state index in [2.05, 4.69) is 19.2 Å². The number of ether oxygens (including phenoxy) is 1. The van der Waals surface area contributed by atoms with E-state index in [0.29, 0.717) is 6.42 Å². The number of carbonyl (C=O) groups excluding carboxylic acids is 1. The lowest BCUT2D eigenvalue weighted by Crippen LogP contribution is -2.67. The third kappa shape index (κ3) is 3.46. The predicted molar refractivity (Wildman–Crippen MR) is 85.1 cm³/mol. The van der Waals surface area contributed by atoms with E-state index in [0.717, 1.165) is 25.7 Å². The molecule has 1 amide bonds. The van der Waals surface area contributed by atoms with E-state index < -0.39 is 5.54 Å². The summed E-state index contributed by atoms with van der Waals surface area (Å²) in [5, 5.41) is 3.15. The molecule has 1 aliphatic carbocycles. The second-order valence-corrected chi connectivity index (χ2v) is 6.09. The van der Waals surface area contributed by atoms with E-state index in [1.165, 1.54) is 0 Å². The van der Waals surface area contributed by atoms with Crippen LogP contribution in [0.3, 0.4) is 0 Å². The first-order valence-corrected chi connectivity index (χ1v) is 7.50. The van der Waals surface area contributed by atoms with Crippen LogP contribution in [0.2, 0.25) is 0 Å². The summed E-state index contributed by atoms with van der Waals surface area (Å²) in [6.07, 6.45) is 4.81. The molecule has 3 atom stereocenters. The van der Waals surface area contributed by atoms with Crippen molar-refractivity contribution in [2.45, 2.75) is 77.5 Å². The summed E-state index contributed by atoms with van der Waals surface area (Å²) in [4.78, 5) is 12.3. The van der Waals surface area contributed by atoms with Gasteiger partial charge in [0.1, 0.15) is 0 Å². The summed E-state index contributed by atoms with van der Waals surface area (Å²) in [5.74, 6) is -0.0276. The molecule has 1 rings (SSSR count). The first-order chi connectivity index (χ1) is 8.87. The molecule has 3 N–H and O–H groups in total. The van der Waals surface area contributed by atoms with Gasteiger partial charge in [-0.1, -0.05) is 27.2 Å². The lowest BCUT2D eigenvalue weighted by molar-refractivity contribution is -0.144. The Morgan fingerprint density at radius 1 is 1.40 bits per heavy atom. The zero-order valence-electron chi connectivity index (χ0n) is 13.5. The van der Waals surface area contributed by atoms with E-state index in [9.17, 15) is 4.79 Å². The number of methoxy groups -OCH3 is 1. The standard InChI is InChI=1S/C15H30N2O2.ClH/c1-6-9-14(4,16)13(18)17-11-10-12(19-5)15(11,7-2)8-3;/h11-12H,6-10,16H2,1-5H3,(H,17,18);1H. The number of hydrogen-bond donors (Lipinski definition) is 2. The Morgan fingerprint density at radius 2 is 1.95 bits per heavy atom. The van der Waals surface area contributed by atoms with Crippen molar-refractivity contribution in [2.24, 2.45) is 11.1 Å². The van der Waals surface area contributed by atoms with E-state index in [-0.39, 0.29) is 35.9 Å². The molecular weight excluding hydrogens is 276 g/mol. The molecule has 0 radical (unpaired) electrons. The van der Waals surface area contributed by atoms with Gasteiger partial charge in [0, 0.05) is 18.6 Å². The summed E-state index contributed by atoms with van der Waals surface area (Å²) in [6.45, 7) is 8.20. The second-order valence-electron chi connectivity index (χ2n) is 6.09. The number of carbonyl (C=O) groups is 1. The molecule has 0 aromatic heterocycles. The summed E-state index contributed by atoms with van der Waals surface area (Å²) >= 11 is 0. The molecule has 0 aliphatic heterocycles. The van der Waals surface area contributed by atoms with Gasteiger partial charge in [0.25, 0.3) is 0 Å². The Bertz CT molecular complexity index is 317. The van der Waals surface area contributed by atoms with Crippen molar-refractivity contribution in [1.29, 1.82) is 0 Å². The Labute approximate surface area is 129 Å². The molecule has 0 aromatic carbocycles. The lowest BCUT2D eigenvalue weighted by atomic mass is 9.58. The maximum Gasteiger partial charge on any atom is 0.240 e. The highest BCUT2D eigenvalue weighted by Gasteiger charge is 2.54. The summed E-state index contributed by atoms with van der Waals surface area (Å²) in [6, 6.07) is 0.194. The average molecular weight is 307 g/mol. The van der Waals surface area contributed by atoms with Gasteiger partial charge in [0.2, 0.25) is 5.91 Å². The van der Waals surface area contributed by atoms with Crippen LogP contribution in [0.5, 0.6) is 0 Å². The molecule has 20 heavy (non-hydrogen) atoms. The SMILES string of the molecule is CCCC(C)(N)C(=O)NC1CC(OC)C1(CC)CC.Cl. The number of rotatable bonds is 7. The molecular formula is C15H31ClN2O2. The summed E-state index contributed by atoms with van der Waals surface area (Å²) in [5.41, 5.74) is 5.41. The van der Waals surface area contributed by atoms with Crippen LogP contribution in [0.1, 0.15) is 59.8 Å². The molecule has 0 aromatic rings. The molecule has 120 valence electrons.